The SMILES string of the molecule is Cc1cc2c(n1-c1cccc(C(F)(F)F)c1)CCCC2NC(=O)c1ccnc2ccccc12. The van der Waals surface area contributed by atoms with E-state index in [1.807, 2.05) is 41.8 Å². The molecule has 0 fully saturated rings. The summed E-state index contributed by atoms with van der Waals surface area (Å²) in [6, 6.07) is 16.3. The number of aromatic nitrogens is 2. The summed E-state index contributed by atoms with van der Waals surface area (Å²) in [6.07, 6.45) is -0.437. The van der Waals surface area contributed by atoms with Crippen LogP contribution in [0.1, 0.15) is 51.8 Å². The van der Waals surface area contributed by atoms with E-state index in [0.29, 0.717) is 11.3 Å². The third kappa shape index (κ3) is 3.88. The van der Waals surface area contributed by atoms with Crippen LogP contribution in [-0.2, 0) is 12.6 Å². The summed E-state index contributed by atoms with van der Waals surface area (Å²) in [5.41, 5.74) is 3.87. The first-order valence-corrected chi connectivity index (χ1v) is 10.9. The van der Waals surface area contributed by atoms with Crippen molar-refractivity contribution in [1.29, 1.82) is 0 Å². The van der Waals surface area contributed by atoms with Gasteiger partial charge < -0.3 is 9.88 Å². The topological polar surface area (TPSA) is 46.9 Å². The first kappa shape index (κ1) is 21.2. The number of hydrogen-bond acceptors (Lipinski definition) is 2. The second-order valence-corrected chi connectivity index (χ2v) is 8.37. The molecule has 0 bridgehead atoms. The lowest BCUT2D eigenvalue weighted by Crippen LogP contribution is -2.31. The fourth-order valence-corrected chi connectivity index (χ4v) is 4.76. The molecule has 5 rings (SSSR count). The van der Waals surface area contributed by atoms with Gasteiger partial charge in [0.25, 0.3) is 5.91 Å². The molecular formula is C26H22F3N3O. The summed E-state index contributed by atoms with van der Waals surface area (Å²) in [6.45, 7) is 1.88. The van der Waals surface area contributed by atoms with Crippen LogP contribution < -0.4 is 5.32 Å². The molecule has 7 heteroatoms. The third-order valence-electron chi connectivity index (χ3n) is 6.23. The summed E-state index contributed by atoms with van der Waals surface area (Å²) in [5.74, 6) is -0.184. The maximum absolute atomic E-state index is 13.3. The van der Waals surface area contributed by atoms with Crippen molar-refractivity contribution in [2.24, 2.45) is 0 Å². The minimum atomic E-state index is -4.40. The summed E-state index contributed by atoms with van der Waals surface area (Å²) < 4.78 is 41.7. The van der Waals surface area contributed by atoms with Gasteiger partial charge >= 0.3 is 6.18 Å². The van der Waals surface area contributed by atoms with E-state index >= 15 is 0 Å². The van der Waals surface area contributed by atoms with E-state index in [9.17, 15) is 18.0 Å². The Kier molecular flexibility index (Phi) is 5.19. The smallest absolute Gasteiger partial charge is 0.345 e. The van der Waals surface area contributed by atoms with Crippen LogP contribution in [0.3, 0.4) is 0 Å². The summed E-state index contributed by atoms with van der Waals surface area (Å²) in [7, 11) is 0. The molecule has 33 heavy (non-hydrogen) atoms. The molecule has 0 saturated heterocycles. The number of aryl methyl sites for hydroxylation is 1. The highest BCUT2D eigenvalue weighted by molar-refractivity contribution is 6.06. The van der Waals surface area contributed by atoms with Gasteiger partial charge in [0.2, 0.25) is 0 Å². The van der Waals surface area contributed by atoms with E-state index in [2.05, 4.69) is 10.3 Å². The van der Waals surface area contributed by atoms with Gasteiger partial charge in [-0.3, -0.25) is 9.78 Å². The minimum absolute atomic E-state index is 0.184. The Labute approximate surface area is 189 Å². The van der Waals surface area contributed by atoms with Crippen molar-refractivity contribution in [2.45, 2.75) is 38.4 Å². The number of hydrogen-bond donors (Lipinski definition) is 1. The van der Waals surface area contributed by atoms with Gasteiger partial charge in [-0.25, -0.2) is 0 Å². The van der Waals surface area contributed by atoms with Gasteiger partial charge in [0.1, 0.15) is 0 Å². The molecule has 2 aromatic carbocycles. The second kappa shape index (κ2) is 8.06. The molecule has 0 spiro atoms. The number of carbonyl (C=O) groups excluding carboxylic acids is 1. The molecule has 0 saturated carbocycles. The van der Waals surface area contributed by atoms with Crippen LogP contribution >= 0.6 is 0 Å². The Hall–Kier alpha value is -3.61. The van der Waals surface area contributed by atoms with Gasteiger partial charge in [-0.05, 0) is 68.1 Å². The molecule has 1 aliphatic carbocycles. The number of amides is 1. The molecule has 2 aromatic heterocycles. The summed E-state index contributed by atoms with van der Waals surface area (Å²) in [5, 5.41) is 3.93. The summed E-state index contributed by atoms with van der Waals surface area (Å²) >= 11 is 0. The molecule has 4 nitrogen and oxygen atoms in total. The fraction of sp³-hybridized carbons (Fsp3) is 0.231. The highest BCUT2D eigenvalue weighted by Gasteiger charge is 2.32. The zero-order valence-electron chi connectivity index (χ0n) is 18.0. The minimum Gasteiger partial charge on any atom is -0.345 e. The number of para-hydroxylation sites is 1. The molecular weight excluding hydrogens is 427 g/mol. The molecule has 1 atom stereocenters. The number of nitrogens with zero attached hydrogens (tertiary/aromatic N) is 2. The maximum atomic E-state index is 13.3. The van der Waals surface area contributed by atoms with Gasteiger partial charge in [-0.2, -0.15) is 13.2 Å². The number of benzene rings is 2. The Morgan fingerprint density at radius 3 is 2.73 bits per heavy atom. The Morgan fingerprint density at radius 2 is 1.91 bits per heavy atom. The van der Waals surface area contributed by atoms with Gasteiger partial charge in [-0.15, -0.1) is 0 Å². The zero-order chi connectivity index (χ0) is 23.2. The predicted molar refractivity (Wildman–Crippen MR) is 120 cm³/mol. The average Bonchev–Trinajstić information content (AvgIpc) is 3.15. The quantitative estimate of drug-likeness (QED) is 0.407. The molecule has 1 unspecified atom stereocenters. The van der Waals surface area contributed by atoms with Crippen molar-refractivity contribution < 1.29 is 18.0 Å². The van der Waals surface area contributed by atoms with Crippen molar-refractivity contribution >= 4 is 16.8 Å². The molecule has 168 valence electrons. The van der Waals surface area contributed by atoms with Crippen molar-refractivity contribution in [2.75, 3.05) is 0 Å². The number of alkyl halides is 3. The van der Waals surface area contributed by atoms with E-state index in [-0.39, 0.29) is 11.9 Å². The van der Waals surface area contributed by atoms with Crippen molar-refractivity contribution in [3.63, 3.8) is 0 Å². The maximum Gasteiger partial charge on any atom is 0.416 e. The van der Waals surface area contributed by atoms with E-state index in [0.717, 1.165) is 53.2 Å². The van der Waals surface area contributed by atoms with E-state index in [1.54, 1.807) is 18.3 Å². The molecule has 4 aromatic rings. The number of fused-ring (bicyclic) bond motifs is 2. The van der Waals surface area contributed by atoms with Gasteiger partial charge in [0, 0.05) is 28.7 Å². The lowest BCUT2D eigenvalue weighted by atomic mass is 9.92. The van der Waals surface area contributed by atoms with Crippen LogP contribution in [-0.4, -0.2) is 15.5 Å². The molecule has 2 heterocycles. The van der Waals surface area contributed by atoms with Crippen LogP contribution in [0, 0.1) is 6.92 Å². The number of nitrogens with one attached hydrogen (secondary N) is 1. The molecule has 1 aliphatic rings. The van der Waals surface area contributed by atoms with Crippen LogP contribution in [0.5, 0.6) is 0 Å². The molecule has 0 aliphatic heterocycles. The lowest BCUT2D eigenvalue weighted by molar-refractivity contribution is -0.137. The first-order valence-electron chi connectivity index (χ1n) is 10.9. The number of carbonyl (C=O) groups is 1. The Bertz CT molecular complexity index is 1350. The van der Waals surface area contributed by atoms with E-state index < -0.39 is 11.7 Å². The largest absolute Gasteiger partial charge is 0.416 e. The van der Waals surface area contributed by atoms with E-state index in [4.69, 9.17) is 0 Å². The van der Waals surface area contributed by atoms with Crippen molar-refractivity contribution in [1.82, 2.24) is 14.9 Å². The number of rotatable bonds is 3. The van der Waals surface area contributed by atoms with Gasteiger partial charge in [0.15, 0.2) is 0 Å². The van der Waals surface area contributed by atoms with Crippen LogP contribution in [0.4, 0.5) is 13.2 Å². The fourth-order valence-electron chi connectivity index (χ4n) is 4.76. The Morgan fingerprint density at radius 1 is 1.09 bits per heavy atom. The van der Waals surface area contributed by atoms with E-state index in [1.165, 1.54) is 12.1 Å². The number of pyridine rings is 1. The lowest BCUT2D eigenvalue weighted by Gasteiger charge is -2.26. The number of halogens is 3. The van der Waals surface area contributed by atoms with Crippen molar-refractivity contribution in [3.8, 4) is 5.69 Å². The monoisotopic (exact) mass is 449 g/mol. The highest BCUT2D eigenvalue weighted by Crippen LogP contribution is 2.36. The van der Waals surface area contributed by atoms with Gasteiger partial charge in [-0.1, -0.05) is 24.3 Å². The van der Waals surface area contributed by atoms with Crippen LogP contribution in [0.15, 0.2) is 66.9 Å². The Balaban J connectivity index is 1.49. The molecule has 0 radical (unpaired) electrons. The summed E-state index contributed by atoms with van der Waals surface area (Å²) in [4.78, 5) is 17.5. The van der Waals surface area contributed by atoms with Crippen molar-refractivity contribution in [3.05, 3.63) is 94.9 Å². The molecule has 1 amide bonds. The van der Waals surface area contributed by atoms with Crippen LogP contribution in [0.2, 0.25) is 0 Å². The first-order chi connectivity index (χ1) is 15.8. The zero-order valence-corrected chi connectivity index (χ0v) is 18.0. The third-order valence-corrected chi connectivity index (χ3v) is 6.23. The standard InChI is InChI=1S/C26H22F3N3O/c1-16-14-21-23(31-25(33)20-12-13-30-22-9-3-2-8-19(20)22)10-5-11-24(21)32(16)18-7-4-6-17(15-18)26(27,28)29/h2-4,6-9,12-15,23H,5,10-11H2,1H3,(H,31,33). The molecule has 1 N–H and O–H groups in total. The predicted octanol–water partition coefficient (Wildman–Crippen LogP) is 6.16. The highest BCUT2D eigenvalue weighted by atomic mass is 19.4. The second-order valence-electron chi connectivity index (χ2n) is 8.37. The average molecular weight is 449 g/mol. The van der Waals surface area contributed by atoms with Crippen LogP contribution in [0.25, 0.3) is 16.6 Å². The van der Waals surface area contributed by atoms with Gasteiger partial charge in [0.05, 0.1) is 22.7 Å². The normalized spacial score (nSPS) is 15.9.